The predicted molar refractivity (Wildman–Crippen MR) is 80.2 cm³/mol. The van der Waals surface area contributed by atoms with Gasteiger partial charge in [0.15, 0.2) is 0 Å². The zero-order chi connectivity index (χ0) is 13.9. The van der Waals surface area contributed by atoms with E-state index in [9.17, 15) is 4.79 Å². The number of rotatable bonds is 6. The Morgan fingerprint density at radius 1 is 1.55 bits per heavy atom. The molecule has 106 valence electrons. The van der Waals surface area contributed by atoms with Gasteiger partial charge in [0.1, 0.15) is 0 Å². The van der Waals surface area contributed by atoms with Gasteiger partial charge in [0.25, 0.3) is 5.91 Å². The molecule has 1 amide bonds. The summed E-state index contributed by atoms with van der Waals surface area (Å²) in [5, 5.41) is 9.40. The highest BCUT2D eigenvalue weighted by Crippen LogP contribution is 2.38. The third-order valence-corrected chi connectivity index (χ3v) is 4.63. The number of amides is 1. The predicted octanol–water partition coefficient (Wildman–Crippen LogP) is 2.81. The molecule has 1 N–H and O–H groups in total. The van der Waals surface area contributed by atoms with Crippen LogP contribution < -0.4 is 5.32 Å². The van der Waals surface area contributed by atoms with Gasteiger partial charge in [-0.2, -0.15) is 5.10 Å². The molecule has 5 heteroatoms. The van der Waals surface area contributed by atoms with Crippen molar-refractivity contribution in [3.05, 3.63) is 39.8 Å². The first-order chi connectivity index (χ1) is 9.76. The molecule has 0 bridgehead atoms. The van der Waals surface area contributed by atoms with Crippen molar-refractivity contribution >= 4 is 17.2 Å². The number of nitrogens with zero attached hydrogens (tertiary/aromatic N) is 2. The van der Waals surface area contributed by atoms with Crippen molar-refractivity contribution in [1.29, 1.82) is 0 Å². The Kier molecular flexibility index (Phi) is 3.87. The standard InChI is InChI=1S/C15H19N3OS/c1-2-13-9-12(10-20-13)15(19)16-6-8-18-7-5-14(17-18)11-3-4-11/h5,7,9-11H,2-4,6,8H2,1H3,(H,16,19). The molecule has 4 nitrogen and oxygen atoms in total. The van der Waals surface area contributed by atoms with E-state index in [0.717, 1.165) is 18.5 Å². The fourth-order valence-electron chi connectivity index (χ4n) is 2.17. The summed E-state index contributed by atoms with van der Waals surface area (Å²) in [5.74, 6) is 0.694. The van der Waals surface area contributed by atoms with Crippen LogP contribution in [0, 0.1) is 0 Å². The number of carbonyl (C=O) groups is 1. The number of nitrogens with one attached hydrogen (secondary N) is 1. The number of hydrogen-bond donors (Lipinski definition) is 1. The topological polar surface area (TPSA) is 46.9 Å². The lowest BCUT2D eigenvalue weighted by molar-refractivity contribution is 0.0952. The van der Waals surface area contributed by atoms with Gasteiger partial charge in [-0.15, -0.1) is 11.3 Å². The van der Waals surface area contributed by atoms with E-state index in [0.29, 0.717) is 12.5 Å². The van der Waals surface area contributed by atoms with Crippen LogP contribution in [0.2, 0.25) is 0 Å². The number of carbonyl (C=O) groups excluding carboxylic acids is 1. The van der Waals surface area contributed by atoms with Crippen molar-refractivity contribution in [2.24, 2.45) is 0 Å². The van der Waals surface area contributed by atoms with Crippen molar-refractivity contribution in [3.8, 4) is 0 Å². The first kappa shape index (κ1) is 13.4. The van der Waals surface area contributed by atoms with Gasteiger partial charge < -0.3 is 5.32 Å². The van der Waals surface area contributed by atoms with Crippen LogP contribution in [-0.4, -0.2) is 22.2 Å². The summed E-state index contributed by atoms with van der Waals surface area (Å²) >= 11 is 1.64. The fourth-order valence-corrected chi connectivity index (χ4v) is 2.99. The molecular weight excluding hydrogens is 270 g/mol. The first-order valence-corrected chi connectivity index (χ1v) is 8.03. The molecule has 0 saturated heterocycles. The van der Waals surface area contributed by atoms with Crippen molar-refractivity contribution in [2.45, 2.75) is 38.6 Å². The average Bonchev–Trinajstić information content (AvgIpc) is 3.02. The van der Waals surface area contributed by atoms with Crippen LogP contribution in [0.3, 0.4) is 0 Å². The van der Waals surface area contributed by atoms with Crippen LogP contribution >= 0.6 is 11.3 Å². The lowest BCUT2D eigenvalue weighted by atomic mass is 10.2. The quantitative estimate of drug-likeness (QED) is 0.889. The van der Waals surface area contributed by atoms with Gasteiger partial charge >= 0.3 is 0 Å². The summed E-state index contributed by atoms with van der Waals surface area (Å²) in [6, 6.07) is 4.06. The molecule has 0 spiro atoms. The molecule has 20 heavy (non-hydrogen) atoms. The summed E-state index contributed by atoms with van der Waals surface area (Å²) < 4.78 is 1.92. The van der Waals surface area contributed by atoms with Gasteiger partial charge in [-0.3, -0.25) is 9.48 Å². The Hall–Kier alpha value is -1.62. The van der Waals surface area contributed by atoms with Gasteiger partial charge in [-0.1, -0.05) is 6.92 Å². The van der Waals surface area contributed by atoms with Gasteiger partial charge in [0.2, 0.25) is 0 Å². The Bertz CT molecular complexity index is 598. The van der Waals surface area contributed by atoms with Crippen LogP contribution in [0.5, 0.6) is 0 Å². The molecule has 0 aromatic carbocycles. The van der Waals surface area contributed by atoms with E-state index in [1.165, 1.54) is 23.4 Å². The van der Waals surface area contributed by atoms with E-state index in [4.69, 9.17) is 0 Å². The monoisotopic (exact) mass is 289 g/mol. The molecular formula is C15H19N3OS. The summed E-state index contributed by atoms with van der Waals surface area (Å²) in [6.07, 6.45) is 5.52. The molecule has 2 aromatic rings. The van der Waals surface area contributed by atoms with E-state index >= 15 is 0 Å². The Balaban J connectivity index is 1.47. The van der Waals surface area contributed by atoms with E-state index < -0.39 is 0 Å². The molecule has 1 saturated carbocycles. The maximum atomic E-state index is 12.0. The molecule has 2 aromatic heterocycles. The third-order valence-electron chi connectivity index (χ3n) is 3.55. The summed E-state index contributed by atoms with van der Waals surface area (Å²) in [4.78, 5) is 13.2. The minimum atomic E-state index is 0.00974. The average molecular weight is 289 g/mol. The zero-order valence-corrected chi connectivity index (χ0v) is 12.4. The number of aromatic nitrogens is 2. The highest BCUT2D eigenvalue weighted by molar-refractivity contribution is 7.10. The van der Waals surface area contributed by atoms with Crippen molar-refractivity contribution in [2.75, 3.05) is 6.54 Å². The van der Waals surface area contributed by atoms with E-state index in [2.05, 4.69) is 23.4 Å². The molecule has 1 fully saturated rings. The second kappa shape index (κ2) is 5.79. The minimum absolute atomic E-state index is 0.00974. The third kappa shape index (κ3) is 3.10. The second-order valence-corrected chi connectivity index (χ2v) is 6.18. The van der Waals surface area contributed by atoms with E-state index in [1.54, 1.807) is 11.3 Å². The molecule has 0 unspecified atom stereocenters. The van der Waals surface area contributed by atoms with E-state index in [-0.39, 0.29) is 5.91 Å². The second-order valence-electron chi connectivity index (χ2n) is 5.19. The van der Waals surface area contributed by atoms with Crippen LogP contribution in [0.1, 0.15) is 46.6 Å². The molecule has 0 aliphatic heterocycles. The van der Waals surface area contributed by atoms with Crippen molar-refractivity contribution < 1.29 is 4.79 Å². The van der Waals surface area contributed by atoms with Gasteiger partial charge in [-0.05, 0) is 31.4 Å². The highest BCUT2D eigenvalue weighted by Gasteiger charge is 2.25. The molecule has 0 radical (unpaired) electrons. The highest BCUT2D eigenvalue weighted by atomic mass is 32.1. The molecule has 0 atom stereocenters. The maximum Gasteiger partial charge on any atom is 0.252 e. The Morgan fingerprint density at radius 2 is 2.40 bits per heavy atom. The number of aryl methyl sites for hydroxylation is 1. The molecule has 3 rings (SSSR count). The lowest BCUT2D eigenvalue weighted by Gasteiger charge is -2.04. The van der Waals surface area contributed by atoms with Crippen LogP contribution in [-0.2, 0) is 13.0 Å². The molecule has 1 aliphatic rings. The molecule has 2 heterocycles. The lowest BCUT2D eigenvalue weighted by Crippen LogP contribution is -2.27. The first-order valence-electron chi connectivity index (χ1n) is 7.15. The largest absolute Gasteiger partial charge is 0.350 e. The normalized spacial score (nSPS) is 14.4. The number of hydrogen-bond acceptors (Lipinski definition) is 3. The summed E-state index contributed by atoms with van der Waals surface area (Å²) in [6.45, 7) is 3.44. The number of thiophene rings is 1. The van der Waals surface area contributed by atoms with Gasteiger partial charge in [-0.25, -0.2) is 0 Å². The smallest absolute Gasteiger partial charge is 0.252 e. The molecule has 1 aliphatic carbocycles. The summed E-state index contributed by atoms with van der Waals surface area (Å²) in [7, 11) is 0. The SMILES string of the molecule is CCc1cc(C(=O)NCCn2ccc(C3CC3)n2)cs1. The van der Waals surface area contributed by atoms with Crippen LogP contribution in [0.15, 0.2) is 23.7 Å². The van der Waals surface area contributed by atoms with Crippen LogP contribution in [0.25, 0.3) is 0 Å². The maximum absolute atomic E-state index is 12.0. The van der Waals surface area contributed by atoms with Gasteiger partial charge in [0, 0.05) is 28.9 Å². The Labute approximate surface area is 122 Å². The van der Waals surface area contributed by atoms with Crippen molar-refractivity contribution in [1.82, 2.24) is 15.1 Å². The summed E-state index contributed by atoms with van der Waals surface area (Å²) in [5.41, 5.74) is 1.97. The fraction of sp³-hybridized carbons (Fsp3) is 0.467. The van der Waals surface area contributed by atoms with Gasteiger partial charge in [0.05, 0.1) is 17.8 Å². The van der Waals surface area contributed by atoms with Crippen molar-refractivity contribution in [3.63, 3.8) is 0 Å². The Morgan fingerprint density at radius 3 is 3.10 bits per heavy atom. The van der Waals surface area contributed by atoms with E-state index in [1.807, 2.05) is 22.3 Å². The minimum Gasteiger partial charge on any atom is -0.350 e. The zero-order valence-electron chi connectivity index (χ0n) is 11.6. The van der Waals surface area contributed by atoms with Crippen LogP contribution in [0.4, 0.5) is 0 Å².